The molecule has 0 radical (unpaired) electrons. The first-order valence-corrected chi connectivity index (χ1v) is 9.31. The van der Waals surface area contributed by atoms with Crippen molar-refractivity contribution in [3.8, 4) is 11.3 Å². The predicted molar refractivity (Wildman–Crippen MR) is 96.0 cm³/mol. The SMILES string of the molecule is CN(C(=O)CCc1ncc(-c2ccccc2F)o1)C1CC2CCC(C1)N2. The van der Waals surface area contributed by atoms with Gasteiger partial charge in [0.1, 0.15) is 5.82 Å². The third-order valence-corrected chi connectivity index (χ3v) is 5.63. The van der Waals surface area contributed by atoms with Crippen molar-refractivity contribution in [2.75, 3.05) is 7.05 Å². The van der Waals surface area contributed by atoms with Gasteiger partial charge in [0, 0.05) is 38.0 Å². The monoisotopic (exact) mass is 357 g/mol. The van der Waals surface area contributed by atoms with Crippen LogP contribution in [0.1, 0.15) is 38.0 Å². The molecule has 1 aromatic carbocycles. The van der Waals surface area contributed by atoms with Crippen LogP contribution in [-0.2, 0) is 11.2 Å². The number of nitrogens with zero attached hydrogens (tertiary/aromatic N) is 2. The molecule has 2 bridgehead atoms. The Balaban J connectivity index is 1.34. The number of aryl methyl sites for hydroxylation is 1. The lowest BCUT2D eigenvalue weighted by molar-refractivity contribution is -0.132. The van der Waals surface area contributed by atoms with Crippen molar-refractivity contribution in [3.63, 3.8) is 0 Å². The molecule has 6 heteroatoms. The summed E-state index contributed by atoms with van der Waals surface area (Å²) in [5, 5.41) is 3.60. The van der Waals surface area contributed by atoms with Crippen LogP contribution in [0.5, 0.6) is 0 Å². The highest BCUT2D eigenvalue weighted by molar-refractivity contribution is 5.76. The van der Waals surface area contributed by atoms with Crippen molar-refractivity contribution in [3.05, 3.63) is 42.2 Å². The van der Waals surface area contributed by atoms with Gasteiger partial charge in [0.15, 0.2) is 11.7 Å². The molecule has 138 valence electrons. The summed E-state index contributed by atoms with van der Waals surface area (Å²) in [5.74, 6) is 0.637. The van der Waals surface area contributed by atoms with Crippen molar-refractivity contribution >= 4 is 5.91 Å². The number of halogens is 1. The number of hydrogen-bond acceptors (Lipinski definition) is 4. The number of oxazole rings is 1. The van der Waals surface area contributed by atoms with Crippen molar-refractivity contribution in [1.82, 2.24) is 15.2 Å². The molecule has 2 aliphatic rings. The first-order valence-electron chi connectivity index (χ1n) is 9.31. The summed E-state index contributed by atoms with van der Waals surface area (Å²) in [6.45, 7) is 0. The molecule has 2 aliphatic heterocycles. The summed E-state index contributed by atoms with van der Waals surface area (Å²) < 4.78 is 19.5. The van der Waals surface area contributed by atoms with E-state index in [1.807, 2.05) is 11.9 Å². The van der Waals surface area contributed by atoms with Gasteiger partial charge >= 0.3 is 0 Å². The Hall–Kier alpha value is -2.21. The van der Waals surface area contributed by atoms with Crippen LogP contribution in [0.15, 0.2) is 34.9 Å². The molecular formula is C20H24FN3O2. The second-order valence-electron chi connectivity index (χ2n) is 7.37. The minimum absolute atomic E-state index is 0.113. The minimum Gasteiger partial charge on any atom is -0.441 e. The fourth-order valence-electron chi connectivity index (χ4n) is 4.15. The van der Waals surface area contributed by atoms with E-state index in [4.69, 9.17) is 4.42 Å². The Morgan fingerprint density at radius 2 is 2.04 bits per heavy atom. The Bertz CT molecular complexity index is 779. The maximum Gasteiger partial charge on any atom is 0.223 e. The molecular weight excluding hydrogens is 333 g/mol. The lowest BCUT2D eigenvalue weighted by Gasteiger charge is -2.35. The van der Waals surface area contributed by atoms with Gasteiger partial charge in [-0.05, 0) is 37.8 Å². The third kappa shape index (κ3) is 3.51. The van der Waals surface area contributed by atoms with Gasteiger partial charge in [-0.15, -0.1) is 0 Å². The topological polar surface area (TPSA) is 58.4 Å². The van der Waals surface area contributed by atoms with E-state index in [2.05, 4.69) is 10.3 Å². The lowest BCUT2D eigenvalue weighted by atomic mass is 9.98. The normalized spacial score (nSPS) is 24.6. The number of piperidine rings is 1. The van der Waals surface area contributed by atoms with E-state index < -0.39 is 0 Å². The zero-order valence-electron chi connectivity index (χ0n) is 15.0. The summed E-state index contributed by atoms with van der Waals surface area (Å²) in [6.07, 6.45) is 6.82. The average Bonchev–Trinajstić information content (AvgIpc) is 3.25. The van der Waals surface area contributed by atoms with Crippen LogP contribution in [0.2, 0.25) is 0 Å². The molecule has 2 unspecified atom stereocenters. The van der Waals surface area contributed by atoms with Gasteiger partial charge in [-0.2, -0.15) is 0 Å². The van der Waals surface area contributed by atoms with E-state index in [-0.39, 0.29) is 11.7 Å². The number of amides is 1. The Morgan fingerprint density at radius 3 is 2.77 bits per heavy atom. The van der Waals surface area contributed by atoms with E-state index in [0.717, 1.165) is 12.8 Å². The first kappa shape index (κ1) is 17.2. The average molecular weight is 357 g/mol. The molecule has 26 heavy (non-hydrogen) atoms. The van der Waals surface area contributed by atoms with Crippen LogP contribution < -0.4 is 5.32 Å². The van der Waals surface area contributed by atoms with Gasteiger partial charge in [-0.1, -0.05) is 12.1 Å². The van der Waals surface area contributed by atoms with E-state index in [9.17, 15) is 9.18 Å². The van der Waals surface area contributed by atoms with E-state index in [1.165, 1.54) is 25.1 Å². The fourth-order valence-corrected chi connectivity index (χ4v) is 4.15. The smallest absolute Gasteiger partial charge is 0.223 e. The number of carbonyl (C=O) groups excluding carboxylic acids is 1. The number of carbonyl (C=O) groups is 1. The van der Waals surface area contributed by atoms with Crippen LogP contribution in [0.4, 0.5) is 4.39 Å². The van der Waals surface area contributed by atoms with Crippen molar-refractivity contribution in [1.29, 1.82) is 0 Å². The first-order chi connectivity index (χ1) is 12.6. The minimum atomic E-state index is -0.341. The summed E-state index contributed by atoms with van der Waals surface area (Å²) in [6, 6.07) is 7.88. The number of nitrogens with one attached hydrogen (secondary N) is 1. The quantitative estimate of drug-likeness (QED) is 0.893. The van der Waals surface area contributed by atoms with Gasteiger partial charge in [-0.25, -0.2) is 9.37 Å². The summed E-state index contributed by atoms with van der Waals surface area (Å²) in [7, 11) is 1.90. The Kier molecular flexibility index (Phi) is 4.76. The summed E-state index contributed by atoms with van der Waals surface area (Å²) >= 11 is 0. The number of benzene rings is 1. The second kappa shape index (κ2) is 7.19. The number of fused-ring (bicyclic) bond motifs is 2. The molecule has 0 spiro atoms. The third-order valence-electron chi connectivity index (χ3n) is 5.63. The maximum absolute atomic E-state index is 13.8. The number of rotatable bonds is 5. The van der Waals surface area contributed by atoms with Crippen LogP contribution in [-0.4, -0.2) is 41.0 Å². The van der Waals surface area contributed by atoms with Gasteiger partial charge in [0.2, 0.25) is 5.91 Å². The molecule has 3 heterocycles. The zero-order valence-corrected chi connectivity index (χ0v) is 15.0. The fraction of sp³-hybridized carbons (Fsp3) is 0.500. The molecule has 1 aromatic heterocycles. The largest absolute Gasteiger partial charge is 0.441 e. The maximum atomic E-state index is 13.8. The van der Waals surface area contributed by atoms with Crippen LogP contribution in [0.3, 0.4) is 0 Å². The van der Waals surface area contributed by atoms with Crippen molar-refractivity contribution in [2.45, 2.75) is 56.7 Å². The van der Waals surface area contributed by atoms with Gasteiger partial charge < -0.3 is 14.6 Å². The highest BCUT2D eigenvalue weighted by Crippen LogP contribution is 2.29. The van der Waals surface area contributed by atoms with Crippen molar-refractivity contribution in [2.24, 2.45) is 0 Å². The van der Waals surface area contributed by atoms with Crippen LogP contribution >= 0.6 is 0 Å². The molecule has 2 atom stereocenters. The molecule has 5 nitrogen and oxygen atoms in total. The van der Waals surface area contributed by atoms with E-state index >= 15 is 0 Å². The van der Waals surface area contributed by atoms with Crippen LogP contribution in [0, 0.1) is 5.82 Å². The molecule has 4 rings (SSSR count). The summed E-state index contributed by atoms with van der Waals surface area (Å²) in [4.78, 5) is 18.6. The van der Waals surface area contributed by atoms with Gasteiger partial charge in [0.05, 0.1) is 11.8 Å². The van der Waals surface area contributed by atoms with Crippen LogP contribution in [0.25, 0.3) is 11.3 Å². The molecule has 0 saturated carbocycles. The van der Waals surface area contributed by atoms with E-state index in [1.54, 1.807) is 18.2 Å². The highest BCUT2D eigenvalue weighted by Gasteiger charge is 2.36. The molecule has 2 aromatic rings. The highest BCUT2D eigenvalue weighted by atomic mass is 19.1. The Morgan fingerprint density at radius 1 is 1.31 bits per heavy atom. The molecule has 2 saturated heterocycles. The molecule has 0 aliphatic carbocycles. The predicted octanol–water partition coefficient (Wildman–Crippen LogP) is 3.15. The van der Waals surface area contributed by atoms with Gasteiger partial charge in [-0.3, -0.25) is 4.79 Å². The summed E-state index contributed by atoms with van der Waals surface area (Å²) in [5.41, 5.74) is 0.389. The molecule has 1 amide bonds. The second-order valence-corrected chi connectivity index (χ2v) is 7.37. The number of hydrogen-bond donors (Lipinski definition) is 1. The molecule has 1 N–H and O–H groups in total. The lowest BCUT2D eigenvalue weighted by Crippen LogP contribution is -2.48. The van der Waals surface area contributed by atoms with E-state index in [0.29, 0.717) is 48.2 Å². The molecule has 2 fully saturated rings. The van der Waals surface area contributed by atoms with Gasteiger partial charge in [0.25, 0.3) is 0 Å². The standard InChI is InChI=1S/C20H24FN3O2/c1-24(15-10-13-6-7-14(11-15)23-13)20(25)9-8-19-22-12-18(26-19)16-4-2-3-5-17(16)21/h2-5,12-15,23H,6-11H2,1H3. The Labute approximate surface area is 152 Å². The number of aromatic nitrogens is 1. The zero-order chi connectivity index (χ0) is 18.1. The van der Waals surface area contributed by atoms with Crippen molar-refractivity contribution < 1.29 is 13.6 Å².